The van der Waals surface area contributed by atoms with E-state index in [0.717, 1.165) is 73.8 Å². The van der Waals surface area contributed by atoms with Gasteiger partial charge in [0.1, 0.15) is 18.7 Å². The van der Waals surface area contributed by atoms with Crippen molar-refractivity contribution in [2.75, 3.05) is 19.8 Å². The number of fused-ring (bicyclic) bond motifs is 3. The summed E-state index contributed by atoms with van der Waals surface area (Å²) in [5.41, 5.74) is 4.39. The molecular weight excluding hydrogens is 514 g/mol. The van der Waals surface area contributed by atoms with Gasteiger partial charge in [-0.05, 0) is 60.9 Å². The van der Waals surface area contributed by atoms with E-state index in [0.29, 0.717) is 18.2 Å². The number of amides is 1. The summed E-state index contributed by atoms with van der Waals surface area (Å²) < 4.78 is 13.7. The van der Waals surface area contributed by atoms with E-state index in [2.05, 4.69) is 33.3 Å². The van der Waals surface area contributed by atoms with Gasteiger partial charge in [-0.3, -0.25) is 9.58 Å². The van der Waals surface area contributed by atoms with Gasteiger partial charge < -0.3 is 14.5 Å². The zero-order valence-electron chi connectivity index (χ0n) is 22.8. The Balaban J connectivity index is 1.21. The molecule has 1 amide bonds. The molecule has 1 aliphatic heterocycles. The number of carbonyl (C=O) groups excluding carboxylic acids is 1. The maximum Gasteiger partial charge on any atom is 0.410 e. The molecule has 2 aromatic heterocycles. The van der Waals surface area contributed by atoms with Crippen LogP contribution in [0.4, 0.5) is 4.79 Å². The smallest absolute Gasteiger partial charge is 0.410 e. The van der Waals surface area contributed by atoms with Crippen molar-refractivity contribution in [3.63, 3.8) is 0 Å². The van der Waals surface area contributed by atoms with Gasteiger partial charge in [-0.25, -0.2) is 9.78 Å². The van der Waals surface area contributed by atoms with Crippen molar-refractivity contribution in [2.45, 2.75) is 71.1 Å². The molecule has 2 aliphatic rings. The van der Waals surface area contributed by atoms with Crippen LogP contribution in [0.1, 0.15) is 63.3 Å². The van der Waals surface area contributed by atoms with Gasteiger partial charge in [-0.15, -0.1) is 0 Å². The largest absolute Gasteiger partial charge is 0.449 e. The van der Waals surface area contributed by atoms with Crippen LogP contribution in [0.15, 0.2) is 54.7 Å². The number of rotatable bonds is 11. The van der Waals surface area contributed by atoms with Crippen molar-refractivity contribution in [3.8, 4) is 0 Å². The standard InChI is InChI=1S/C30H38ClN5O3/c1-21(2)18-39-30(37)36-15-13-25-26-17-23(31)9-12-27(26)34-28(25)29(36)22-7-10-24(11-8-22)38-16-6-4-3-5-14-35-20-32-19-33-35/h7-10,12,17,19-21,24,29,34H,3-6,11,13-16,18H2,1-2H3. The van der Waals surface area contributed by atoms with Gasteiger partial charge in [0.25, 0.3) is 0 Å². The summed E-state index contributed by atoms with van der Waals surface area (Å²) in [6.07, 6.45) is 15.5. The highest BCUT2D eigenvalue weighted by Gasteiger charge is 2.36. The highest BCUT2D eigenvalue weighted by molar-refractivity contribution is 6.31. The number of nitrogens with one attached hydrogen (secondary N) is 1. The molecule has 1 aliphatic carbocycles. The van der Waals surface area contributed by atoms with Crippen LogP contribution in [0.3, 0.4) is 0 Å². The fourth-order valence-electron chi connectivity index (χ4n) is 5.38. The number of nitrogens with zero attached hydrogens (tertiary/aromatic N) is 4. The van der Waals surface area contributed by atoms with Gasteiger partial charge in [0.05, 0.1) is 12.7 Å². The fourth-order valence-corrected chi connectivity index (χ4v) is 5.55. The lowest BCUT2D eigenvalue weighted by molar-refractivity contribution is 0.0767. The van der Waals surface area contributed by atoms with E-state index in [9.17, 15) is 4.79 Å². The number of aromatic nitrogens is 4. The van der Waals surface area contributed by atoms with Crippen molar-refractivity contribution >= 4 is 28.6 Å². The Morgan fingerprint density at radius 2 is 2.10 bits per heavy atom. The van der Waals surface area contributed by atoms with E-state index in [1.54, 1.807) is 12.7 Å². The highest BCUT2D eigenvalue weighted by atomic mass is 35.5. The third-order valence-electron chi connectivity index (χ3n) is 7.35. The van der Waals surface area contributed by atoms with E-state index in [4.69, 9.17) is 21.1 Å². The maximum atomic E-state index is 13.2. The van der Waals surface area contributed by atoms with Gasteiger partial charge in [0.2, 0.25) is 0 Å². The van der Waals surface area contributed by atoms with E-state index in [-0.39, 0.29) is 24.2 Å². The van der Waals surface area contributed by atoms with Crippen LogP contribution in [-0.2, 0) is 22.4 Å². The minimum absolute atomic E-state index is 0.0508. The molecule has 0 bridgehead atoms. The molecule has 0 fully saturated rings. The number of ether oxygens (including phenoxy) is 2. The molecule has 2 unspecified atom stereocenters. The number of aryl methyl sites for hydroxylation is 1. The van der Waals surface area contributed by atoms with Gasteiger partial charge in [-0.2, -0.15) is 5.10 Å². The molecule has 3 aromatic rings. The number of aromatic amines is 1. The highest BCUT2D eigenvalue weighted by Crippen LogP contribution is 2.41. The monoisotopic (exact) mass is 551 g/mol. The summed E-state index contributed by atoms with van der Waals surface area (Å²) in [5.74, 6) is 0.281. The molecule has 0 saturated heterocycles. The summed E-state index contributed by atoms with van der Waals surface area (Å²) in [4.78, 5) is 22.6. The SMILES string of the molecule is CC(C)COC(=O)N1CCc2c([nH]c3ccc(Cl)cc23)C1C1=CCC(OCCCCCCn2cncn2)C=C1. The predicted molar refractivity (Wildman–Crippen MR) is 153 cm³/mol. The summed E-state index contributed by atoms with van der Waals surface area (Å²) in [7, 11) is 0. The molecule has 3 heterocycles. The van der Waals surface area contributed by atoms with Crippen molar-refractivity contribution in [2.24, 2.45) is 5.92 Å². The first kappa shape index (κ1) is 27.5. The van der Waals surface area contributed by atoms with Crippen LogP contribution in [0, 0.1) is 5.92 Å². The molecule has 0 spiro atoms. The fraction of sp³-hybridized carbons (Fsp3) is 0.500. The summed E-state index contributed by atoms with van der Waals surface area (Å²) in [6.45, 7) is 6.75. The molecule has 2 atom stereocenters. The average molecular weight is 552 g/mol. The Morgan fingerprint density at radius 3 is 2.87 bits per heavy atom. The number of unbranched alkanes of at least 4 members (excludes halogenated alkanes) is 3. The summed E-state index contributed by atoms with van der Waals surface area (Å²) >= 11 is 6.33. The normalized spacial score (nSPS) is 19.0. The van der Waals surface area contributed by atoms with Crippen LogP contribution >= 0.6 is 11.6 Å². The number of hydrogen-bond donors (Lipinski definition) is 1. The second kappa shape index (κ2) is 12.8. The minimum Gasteiger partial charge on any atom is -0.449 e. The van der Waals surface area contributed by atoms with Gasteiger partial charge in [0.15, 0.2) is 0 Å². The van der Waals surface area contributed by atoms with Crippen LogP contribution in [0.25, 0.3) is 10.9 Å². The van der Waals surface area contributed by atoms with Crippen molar-refractivity contribution < 1.29 is 14.3 Å². The molecule has 208 valence electrons. The lowest BCUT2D eigenvalue weighted by atomic mass is 9.89. The lowest BCUT2D eigenvalue weighted by Gasteiger charge is -2.37. The summed E-state index contributed by atoms with van der Waals surface area (Å²) in [5, 5.41) is 5.98. The van der Waals surface area contributed by atoms with Crippen molar-refractivity contribution in [1.82, 2.24) is 24.6 Å². The molecule has 0 saturated carbocycles. The third-order valence-corrected chi connectivity index (χ3v) is 7.58. The number of halogens is 1. The average Bonchev–Trinajstić information content (AvgIpc) is 3.59. The topological polar surface area (TPSA) is 85.3 Å². The van der Waals surface area contributed by atoms with Gasteiger partial charge >= 0.3 is 6.09 Å². The van der Waals surface area contributed by atoms with E-state index >= 15 is 0 Å². The zero-order valence-corrected chi connectivity index (χ0v) is 23.6. The van der Waals surface area contributed by atoms with Gasteiger partial charge in [-0.1, -0.05) is 56.5 Å². The van der Waals surface area contributed by atoms with E-state index < -0.39 is 0 Å². The van der Waals surface area contributed by atoms with E-state index in [1.165, 1.54) is 5.56 Å². The van der Waals surface area contributed by atoms with Crippen LogP contribution in [0.5, 0.6) is 0 Å². The molecule has 0 radical (unpaired) electrons. The molecular formula is C30H38ClN5O3. The second-order valence-electron chi connectivity index (χ2n) is 10.8. The first-order chi connectivity index (χ1) is 19.0. The molecule has 8 nitrogen and oxygen atoms in total. The zero-order chi connectivity index (χ0) is 27.2. The second-order valence-corrected chi connectivity index (χ2v) is 11.2. The number of hydrogen-bond acceptors (Lipinski definition) is 5. The Morgan fingerprint density at radius 1 is 1.23 bits per heavy atom. The van der Waals surface area contributed by atoms with Gasteiger partial charge in [0, 0.05) is 41.3 Å². The lowest BCUT2D eigenvalue weighted by Crippen LogP contribution is -2.41. The molecule has 1 N–H and O–H groups in total. The molecule has 39 heavy (non-hydrogen) atoms. The first-order valence-electron chi connectivity index (χ1n) is 14.0. The van der Waals surface area contributed by atoms with Crippen molar-refractivity contribution in [3.05, 3.63) is 70.9 Å². The minimum atomic E-state index is -0.271. The number of carbonyl (C=O) groups is 1. The number of H-pyrrole nitrogens is 1. The molecule has 1 aromatic carbocycles. The first-order valence-corrected chi connectivity index (χ1v) is 14.4. The Bertz CT molecular complexity index is 1310. The predicted octanol–water partition coefficient (Wildman–Crippen LogP) is 6.64. The van der Waals surface area contributed by atoms with E-state index in [1.807, 2.05) is 41.6 Å². The number of benzene rings is 1. The quantitative estimate of drug-likeness (QED) is 0.270. The van der Waals surface area contributed by atoms with Crippen LogP contribution in [-0.4, -0.2) is 56.6 Å². The molecule has 9 heteroatoms. The molecule has 5 rings (SSSR count). The van der Waals surface area contributed by atoms with Crippen LogP contribution in [0.2, 0.25) is 5.02 Å². The third kappa shape index (κ3) is 6.73. The maximum absolute atomic E-state index is 13.2. The Kier molecular flexibility index (Phi) is 9.04. The summed E-state index contributed by atoms with van der Waals surface area (Å²) in [6, 6.07) is 5.69. The Labute approximate surface area is 235 Å². The van der Waals surface area contributed by atoms with Crippen LogP contribution < -0.4 is 0 Å². The Hall–Kier alpha value is -3.10. The van der Waals surface area contributed by atoms with Crippen molar-refractivity contribution in [1.29, 1.82) is 0 Å².